The summed E-state index contributed by atoms with van der Waals surface area (Å²) < 4.78 is 1.72. The molecule has 0 saturated heterocycles. The summed E-state index contributed by atoms with van der Waals surface area (Å²) >= 11 is 0. The van der Waals surface area contributed by atoms with Crippen LogP contribution in [0.4, 0.5) is 0 Å². The van der Waals surface area contributed by atoms with E-state index in [9.17, 15) is 9.90 Å². The Hall–Kier alpha value is -1.58. The molecule has 1 N–H and O–H groups in total. The lowest BCUT2D eigenvalue weighted by Gasteiger charge is -2.26. The second-order valence-electron chi connectivity index (χ2n) is 4.57. The number of aliphatic hydroxyl groups excluding tert-OH is 1. The molecule has 1 unspecified atom stereocenters. The molecule has 0 aliphatic carbocycles. The highest BCUT2D eigenvalue weighted by atomic mass is 16.2. The Balaban J connectivity index is 2.77. The molecule has 0 radical (unpaired) electrons. The Morgan fingerprint density at radius 2 is 2.29 bits per heavy atom. The fourth-order valence-corrected chi connectivity index (χ4v) is 2.45. The lowest BCUT2D eigenvalue weighted by atomic mass is 10.00. The van der Waals surface area contributed by atoms with E-state index in [1.807, 2.05) is 20.8 Å². The van der Waals surface area contributed by atoms with Gasteiger partial charge in [0.25, 0.3) is 5.56 Å². The minimum absolute atomic E-state index is 0.0431. The molecular weight excluding hydrogens is 216 g/mol. The average Bonchev–Trinajstić information content (AvgIpc) is 2.29. The van der Waals surface area contributed by atoms with E-state index in [1.165, 1.54) is 0 Å². The van der Waals surface area contributed by atoms with Crippen LogP contribution in [-0.4, -0.2) is 14.7 Å². The van der Waals surface area contributed by atoms with E-state index < -0.39 is 0 Å². The molecule has 2 rings (SSSR count). The van der Waals surface area contributed by atoms with Gasteiger partial charge in [0.1, 0.15) is 5.82 Å². The lowest BCUT2D eigenvalue weighted by Crippen LogP contribution is -2.33. The van der Waals surface area contributed by atoms with Crippen molar-refractivity contribution in [3.8, 4) is 0 Å². The molecule has 4 nitrogen and oxygen atoms in total. The van der Waals surface area contributed by atoms with Crippen LogP contribution in [0, 0.1) is 6.92 Å². The maximum atomic E-state index is 12.4. The first-order valence-electron chi connectivity index (χ1n) is 6.05. The number of rotatable bonds is 1. The number of aryl methyl sites for hydroxylation is 1. The van der Waals surface area contributed by atoms with Crippen molar-refractivity contribution in [3.05, 3.63) is 33.7 Å². The van der Waals surface area contributed by atoms with Gasteiger partial charge in [-0.05, 0) is 33.1 Å². The molecule has 0 aromatic carbocycles. The minimum atomic E-state index is 0.0431. The SMILES string of the molecule is CCc1c(C)nc2n(c1=O)C(C)CC/C2=C/O. The Morgan fingerprint density at radius 1 is 1.59 bits per heavy atom. The first-order chi connectivity index (χ1) is 8.10. The summed E-state index contributed by atoms with van der Waals surface area (Å²) in [5.41, 5.74) is 2.35. The number of allylic oxidation sites excluding steroid dienone is 1. The van der Waals surface area contributed by atoms with E-state index >= 15 is 0 Å². The normalized spacial score (nSPS) is 21.6. The highest BCUT2D eigenvalue weighted by Crippen LogP contribution is 2.29. The smallest absolute Gasteiger partial charge is 0.257 e. The van der Waals surface area contributed by atoms with Gasteiger partial charge in [-0.25, -0.2) is 4.98 Å². The third kappa shape index (κ3) is 1.77. The van der Waals surface area contributed by atoms with Crippen LogP contribution in [0.2, 0.25) is 0 Å². The predicted octanol–water partition coefficient (Wildman–Crippen LogP) is 2.37. The summed E-state index contributed by atoms with van der Waals surface area (Å²) in [6.45, 7) is 5.85. The molecule has 0 saturated carbocycles. The van der Waals surface area contributed by atoms with Crippen LogP contribution in [0.5, 0.6) is 0 Å². The standard InChI is InChI=1S/C13H18N2O2/c1-4-11-9(3)14-12-10(7-16)6-5-8(2)15(12)13(11)17/h7-8,16H,4-6H2,1-3H3/b10-7-. The van der Waals surface area contributed by atoms with Crippen molar-refractivity contribution in [2.75, 3.05) is 0 Å². The lowest BCUT2D eigenvalue weighted by molar-refractivity contribution is 0.439. The van der Waals surface area contributed by atoms with Crippen LogP contribution in [0.3, 0.4) is 0 Å². The number of nitrogens with zero attached hydrogens (tertiary/aromatic N) is 2. The van der Waals surface area contributed by atoms with Gasteiger partial charge in [-0.3, -0.25) is 9.36 Å². The van der Waals surface area contributed by atoms with Gasteiger partial charge in [0.05, 0.1) is 6.26 Å². The fraction of sp³-hybridized carbons (Fsp3) is 0.538. The fourth-order valence-electron chi connectivity index (χ4n) is 2.45. The van der Waals surface area contributed by atoms with Crippen LogP contribution in [0.15, 0.2) is 11.1 Å². The van der Waals surface area contributed by atoms with Gasteiger partial charge < -0.3 is 5.11 Å². The topological polar surface area (TPSA) is 55.1 Å². The third-order valence-electron chi connectivity index (χ3n) is 3.48. The zero-order valence-corrected chi connectivity index (χ0v) is 10.5. The summed E-state index contributed by atoms with van der Waals surface area (Å²) in [6.07, 6.45) is 3.42. The summed E-state index contributed by atoms with van der Waals surface area (Å²) in [6, 6.07) is 0.152. The molecule has 17 heavy (non-hydrogen) atoms. The molecule has 0 spiro atoms. The molecule has 0 bridgehead atoms. The van der Waals surface area contributed by atoms with Crippen LogP contribution in [-0.2, 0) is 6.42 Å². The molecule has 92 valence electrons. The molecule has 2 heterocycles. The van der Waals surface area contributed by atoms with E-state index in [0.717, 1.165) is 35.9 Å². The molecular formula is C13H18N2O2. The van der Waals surface area contributed by atoms with Crippen molar-refractivity contribution in [2.24, 2.45) is 0 Å². The maximum Gasteiger partial charge on any atom is 0.257 e. The van der Waals surface area contributed by atoms with E-state index in [-0.39, 0.29) is 11.6 Å². The van der Waals surface area contributed by atoms with Crippen molar-refractivity contribution in [3.63, 3.8) is 0 Å². The van der Waals surface area contributed by atoms with E-state index in [2.05, 4.69) is 4.98 Å². The Kier molecular flexibility index (Phi) is 3.05. The zero-order valence-electron chi connectivity index (χ0n) is 10.5. The van der Waals surface area contributed by atoms with Gasteiger partial charge in [0.2, 0.25) is 0 Å². The molecule has 1 aliphatic rings. The highest BCUT2D eigenvalue weighted by Gasteiger charge is 2.24. The largest absolute Gasteiger partial charge is 0.515 e. The summed E-state index contributed by atoms with van der Waals surface area (Å²) in [5.74, 6) is 0.631. The van der Waals surface area contributed by atoms with Crippen molar-refractivity contribution >= 4 is 5.57 Å². The number of hydrogen-bond donors (Lipinski definition) is 1. The van der Waals surface area contributed by atoms with E-state index in [4.69, 9.17) is 0 Å². The van der Waals surface area contributed by atoms with Gasteiger partial charge in [0.15, 0.2) is 0 Å². The number of fused-ring (bicyclic) bond motifs is 1. The van der Waals surface area contributed by atoms with Gasteiger partial charge in [-0.1, -0.05) is 6.92 Å². The Bertz CT molecular complexity index is 529. The van der Waals surface area contributed by atoms with Gasteiger partial charge in [0, 0.05) is 22.9 Å². The molecule has 0 fully saturated rings. The van der Waals surface area contributed by atoms with Gasteiger partial charge >= 0.3 is 0 Å². The van der Waals surface area contributed by atoms with Crippen LogP contribution in [0.1, 0.15) is 49.8 Å². The summed E-state index contributed by atoms with van der Waals surface area (Å²) in [5, 5.41) is 9.21. The first-order valence-corrected chi connectivity index (χ1v) is 6.05. The maximum absolute atomic E-state index is 12.4. The van der Waals surface area contributed by atoms with Crippen molar-refractivity contribution < 1.29 is 5.11 Å². The molecule has 1 aromatic heterocycles. The third-order valence-corrected chi connectivity index (χ3v) is 3.48. The average molecular weight is 234 g/mol. The van der Waals surface area contributed by atoms with Gasteiger partial charge in [-0.2, -0.15) is 0 Å². The van der Waals surface area contributed by atoms with E-state index in [1.54, 1.807) is 4.57 Å². The number of aliphatic hydroxyl groups is 1. The number of hydrogen-bond acceptors (Lipinski definition) is 3. The molecule has 0 amide bonds. The monoisotopic (exact) mass is 234 g/mol. The first kappa shape index (κ1) is 11.9. The van der Waals surface area contributed by atoms with Crippen LogP contribution in [0.25, 0.3) is 5.57 Å². The predicted molar refractivity (Wildman–Crippen MR) is 67.2 cm³/mol. The molecule has 1 aromatic rings. The van der Waals surface area contributed by atoms with Crippen molar-refractivity contribution in [1.29, 1.82) is 0 Å². The molecule has 4 heteroatoms. The van der Waals surface area contributed by atoms with Crippen molar-refractivity contribution in [1.82, 2.24) is 9.55 Å². The molecule has 1 atom stereocenters. The summed E-state index contributed by atoms with van der Waals surface area (Å²) in [7, 11) is 0. The van der Waals surface area contributed by atoms with Crippen molar-refractivity contribution in [2.45, 2.75) is 46.1 Å². The van der Waals surface area contributed by atoms with Gasteiger partial charge in [-0.15, -0.1) is 0 Å². The second-order valence-corrected chi connectivity index (χ2v) is 4.57. The highest BCUT2D eigenvalue weighted by molar-refractivity contribution is 5.60. The Morgan fingerprint density at radius 3 is 2.88 bits per heavy atom. The summed E-state index contributed by atoms with van der Waals surface area (Å²) in [4.78, 5) is 16.8. The zero-order chi connectivity index (χ0) is 12.6. The minimum Gasteiger partial charge on any atom is -0.515 e. The van der Waals surface area contributed by atoms with Crippen LogP contribution < -0.4 is 5.56 Å². The molecule has 1 aliphatic heterocycles. The van der Waals surface area contributed by atoms with Crippen LogP contribution >= 0.6 is 0 Å². The van der Waals surface area contributed by atoms with E-state index in [0.29, 0.717) is 12.2 Å². The second kappa shape index (κ2) is 4.35. The Labute approximate surface area is 101 Å². The quantitative estimate of drug-likeness (QED) is 0.759. The number of aromatic nitrogens is 2.